The standard InChI is InChI=1S/C13H25N3.HI/c1-4-5-6-9-15-13(14-3)16-10-7-12(2)8-11-16;/h4-5,12H,6-11H2,1-3H3,(H,14,15);1H. The van der Waals surface area contributed by atoms with E-state index in [2.05, 4.69) is 41.2 Å². The number of aliphatic imine (C=N–C) groups is 1. The molecule has 100 valence electrons. The van der Waals surface area contributed by atoms with E-state index in [1.165, 1.54) is 12.8 Å². The lowest BCUT2D eigenvalue weighted by atomic mass is 10.00. The molecule has 0 aromatic rings. The number of likely N-dealkylation sites (tertiary alicyclic amines) is 1. The van der Waals surface area contributed by atoms with E-state index in [4.69, 9.17) is 0 Å². The van der Waals surface area contributed by atoms with E-state index in [-0.39, 0.29) is 24.0 Å². The molecule has 1 saturated heterocycles. The van der Waals surface area contributed by atoms with Gasteiger partial charge >= 0.3 is 0 Å². The third-order valence-electron chi connectivity index (χ3n) is 3.12. The van der Waals surface area contributed by atoms with Crippen molar-refractivity contribution in [2.45, 2.75) is 33.1 Å². The van der Waals surface area contributed by atoms with Crippen molar-refractivity contribution in [2.24, 2.45) is 10.9 Å². The summed E-state index contributed by atoms with van der Waals surface area (Å²) in [7, 11) is 1.87. The Morgan fingerprint density at radius 2 is 2.06 bits per heavy atom. The van der Waals surface area contributed by atoms with Gasteiger partial charge in [-0.05, 0) is 32.1 Å². The van der Waals surface area contributed by atoms with E-state index in [0.717, 1.165) is 37.9 Å². The molecule has 0 aromatic carbocycles. The fraction of sp³-hybridized carbons (Fsp3) is 0.769. The molecular weight excluding hydrogens is 325 g/mol. The van der Waals surface area contributed by atoms with Crippen LogP contribution in [0, 0.1) is 5.92 Å². The summed E-state index contributed by atoms with van der Waals surface area (Å²) in [4.78, 5) is 6.71. The first-order valence-corrected chi connectivity index (χ1v) is 6.34. The van der Waals surface area contributed by atoms with Gasteiger partial charge in [0.2, 0.25) is 0 Å². The van der Waals surface area contributed by atoms with Crippen LogP contribution in [0.4, 0.5) is 0 Å². The smallest absolute Gasteiger partial charge is 0.193 e. The zero-order valence-corrected chi connectivity index (χ0v) is 13.6. The number of allylic oxidation sites excluding steroid dienone is 1. The minimum atomic E-state index is 0. The predicted octanol–water partition coefficient (Wildman–Crippen LogP) is 2.88. The van der Waals surface area contributed by atoms with Crippen LogP contribution >= 0.6 is 24.0 Å². The van der Waals surface area contributed by atoms with Crippen LogP contribution in [0.3, 0.4) is 0 Å². The Bertz CT molecular complexity index is 243. The lowest BCUT2D eigenvalue weighted by Gasteiger charge is -2.32. The predicted molar refractivity (Wildman–Crippen MR) is 86.2 cm³/mol. The summed E-state index contributed by atoms with van der Waals surface area (Å²) >= 11 is 0. The Morgan fingerprint density at radius 1 is 1.41 bits per heavy atom. The summed E-state index contributed by atoms with van der Waals surface area (Å²) in [5.74, 6) is 1.94. The third-order valence-corrected chi connectivity index (χ3v) is 3.12. The van der Waals surface area contributed by atoms with Gasteiger partial charge in [-0.3, -0.25) is 4.99 Å². The van der Waals surface area contributed by atoms with Crippen molar-refractivity contribution < 1.29 is 0 Å². The fourth-order valence-corrected chi connectivity index (χ4v) is 1.99. The quantitative estimate of drug-likeness (QED) is 0.278. The number of halogens is 1. The molecule has 4 heteroatoms. The summed E-state index contributed by atoms with van der Waals surface area (Å²) < 4.78 is 0. The Hall–Kier alpha value is -0.260. The molecule has 17 heavy (non-hydrogen) atoms. The number of hydrogen-bond acceptors (Lipinski definition) is 1. The number of nitrogens with zero attached hydrogens (tertiary/aromatic N) is 2. The first-order valence-electron chi connectivity index (χ1n) is 6.34. The Labute approximate surface area is 123 Å². The second-order valence-electron chi connectivity index (χ2n) is 4.50. The SMILES string of the molecule is CC=CCCNC(=NC)N1CCC(C)CC1.I. The second kappa shape index (κ2) is 9.74. The van der Waals surface area contributed by atoms with Gasteiger partial charge in [0.15, 0.2) is 5.96 Å². The van der Waals surface area contributed by atoms with E-state index in [9.17, 15) is 0 Å². The average molecular weight is 351 g/mol. The lowest BCUT2D eigenvalue weighted by Crippen LogP contribution is -2.45. The maximum absolute atomic E-state index is 4.34. The Balaban J connectivity index is 0.00000256. The summed E-state index contributed by atoms with van der Waals surface area (Å²) in [6, 6.07) is 0. The van der Waals surface area contributed by atoms with E-state index >= 15 is 0 Å². The average Bonchev–Trinajstić information content (AvgIpc) is 2.31. The van der Waals surface area contributed by atoms with Crippen molar-refractivity contribution in [2.75, 3.05) is 26.7 Å². The third kappa shape index (κ3) is 6.29. The monoisotopic (exact) mass is 351 g/mol. The van der Waals surface area contributed by atoms with Crippen LogP contribution in [-0.4, -0.2) is 37.5 Å². The van der Waals surface area contributed by atoms with Gasteiger partial charge in [0.1, 0.15) is 0 Å². The summed E-state index contributed by atoms with van der Waals surface area (Å²) in [6.45, 7) is 7.65. The number of guanidine groups is 1. The summed E-state index contributed by atoms with van der Waals surface area (Å²) in [5.41, 5.74) is 0. The highest BCUT2D eigenvalue weighted by Crippen LogP contribution is 2.15. The van der Waals surface area contributed by atoms with Crippen molar-refractivity contribution >= 4 is 29.9 Å². The molecular formula is C13H26IN3. The van der Waals surface area contributed by atoms with Crippen LogP contribution in [0.25, 0.3) is 0 Å². The fourth-order valence-electron chi connectivity index (χ4n) is 1.99. The molecule has 1 aliphatic heterocycles. The maximum atomic E-state index is 4.34. The van der Waals surface area contributed by atoms with Crippen molar-refractivity contribution in [3.05, 3.63) is 12.2 Å². The van der Waals surface area contributed by atoms with E-state index in [0.29, 0.717) is 0 Å². The van der Waals surface area contributed by atoms with Gasteiger partial charge in [0, 0.05) is 26.7 Å². The van der Waals surface area contributed by atoms with Crippen LogP contribution in [0.1, 0.15) is 33.1 Å². The molecule has 1 rings (SSSR count). The minimum absolute atomic E-state index is 0. The molecule has 0 bridgehead atoms. The molecule has 0 aliphatic carbocycles. The van der Waals surface area contributed by atoms with Gasteiger partial charge in [0.25, 0.3) is 0 Å². The van der Waals surface area contributed by atoms with Gasteiger partial charge in [-0.25, -0.2) is 0 Å². The molecule has 3 nitrogen and oxygen atoms in total. The molecule has 0 atom stereocenters. The highest BCUT2D eigenvalue weighted by atomic mass is 127. The summed E-state index contributed by atoms with van der Waals surface area (Å²) in [5, 5.41) is 3.41. The molecule has 1 heterocycles. The molecule has 1 aliphatic rings. The summed E-state index contributed by atoms with van der Waals surface area (Å²) in [6.07, 6.45) is 7.91. The number of hydrogen-bond donors (Lipinski definition) is 1. The molecule has 0 aromatic heterocycles. The lowest BCUT2D eigenvalue weighted by molar-refractivity contribution is 0.273. The Morgan fingerprint density at radius 3 is 2.59 bits per heavy atom. The number of piperidine rings is 1. The van der Waals surface area contributed by atoms with Crippen molar-refractivity contribution in [1.29, 1.82) is 0 Å². The van der Waals surface area contributed by atoms with Gasteiger partial charge in [-0.1, -0.05) is 19.1 Å². The van der Waals surface area contributed by atoms with Crippen molar-refractivity contribution in [3.63, 3.8) is 0 Å². The zero-order valence-electron chi connectivity index (χ0n) is 11.3. The zero-order chi connectivity index (χ0) is 11.8. The highest BCUT2D eigenvalue weighted by molar-refractivity contribution is 14.0. The Kier molecular flexibility index (Phi) is 9.59. The molecule has 0 spiro atoms. The van der Waals surface area contributed by atoms with Crippen LogP contribution in [0.15, 0.2) is 17.1 Å². The highest BCUT2D eigenvalue weighted by Gasteiger charge is 2.17. The van der Waals surface area contributed by atoms with Gasteiger partial charge in [0.05, 0.1) is 0 Å². The molecule has 0 saturated carbocycles. The van der Waals surface area contributed by atoms with Crippen molar-refractivity contribution in [1.82, 2.24) is 10.2 Å². The number of nitrogens with one attached hydrogen (secondary N) is 1. The largest absolute Gasteiger partial charge is 0.356 e. The van der Waals surface area contributed by atoms with E-state index < -0.39 is 0 Å². The molecule has 1 N–H and O–H groups in total. The topological polar surface area (TPSA) is 27.6 Å². The minimum Gasteiger partial charge on any atom is -0.356 e. The van der Waals surface area contributed by atoms with Crippen molar-refractivity contribution in [3.8, 4) is 0 Å². The van der Waals surface area contributed by atoms with Gasteiger partial charge in [-0.15, -0.1) is 24.0 Å². The molecule has 0 unspecified atom stereocenters. The molecule has 0 radical (unpaired) electrons. The van der Waals surface area contributed by atoms with Gasteiger partial charge in [-0.2, -0.15) is 0 Å². The van der Waals surface area contributed by atoms with E-state index in [1.54, 1.807) is 0 Å². The first kappa shape index (κ1) is 16.7. The number of rotatable bonds is 3. The van der Waals surface area contributed by atoms with E-state index in [1.807, 2.05) is 7.05 Å². The normalized spacial score (nSPS) is 18.3. The molecule has 1 fully saturated rings. The van der Waals surface area contributed by atoms with Crippen LogP contribution in [0.2, 0.25) is 0 Å². The van der Waals surface area contributed by atoms with Crippen LogP contribution in [0.5, 0.6) is 0 Å². The second-order valence-corrected chi connectivity index (χ2v) is 4.50. The van der Waals surface area contributed by atoms with Gasteiger partial charge < -0.3 is 10.2 Å². The van der Waals surface area contributed by atoms with Crippen LogP contribution in [-0.2, 0) is 0 Å². The molecule has 0 amide bonds. The first-order chi connectivity index (χ1) is 7.77. The maximum Gasteiger partial charge on any atom is 0.193 e. The van der Waals surface area contributed by atoms with Crippen LogP contribution < -0.4 is 5.32 Å².